The van der Waals surface area contributed by atoms with E-state index in [0.29, 0.717) is 12.4 Å². The van der Waals surface area contributed by atoms with Crippen LogP contribution in [0.1, 0.15) is 33.5 Å². The molecule has 0 aliphatic carbocycles. The Bertz CT molecular complexity index is 447. The molecule has 1 aliphatic rings. The van der Waals surface area contributed by atoms with Gasteiger partial charge in [0.25, 0.3) is 0 Å². The SMILES string of the molecule is Cc1cc(C)c(C(=O)C2=CCCO2)c(C)c1. The Balaban J connectivity index is 2.44. The van der Waals surface area contributed by atoms with Gasteiger partial charge in [-0.25, -0.2) is 0 Å². The summed E-state index contributed by atoms with van der Waals surface area (Å²) in [6.45, 7) is 6.62. The van der Waals surface area contributed by atoms with Gasteiger partial charge in [-0.1, -0.05) is 17.7 Å². The first kappa shape index (κ1) is 10.9. The van der Waals surface area contributed by atoms with Gasteiger partial charge in [0, 0.05) is 12.0 Å². The van der Waals surface area contributed by atoms with Crippen LogP contribution in [0.4, 0.5) is 0 Å². The lowest BCUT2D eigenvalue weighted by molar-refractivity contribution is 0.0941. The largest absolute Gasteiger partial charge is 0.489 e. The number of carbonyl (C=O) groups excluding carboxylic acids is 1. The van der Waals surface area contributed by atoms with Crippen molar-refractivity contribution in [1.82, 2.24) is 0 Å². The number of allylic oxidation sites excluding steroid dienone is 1. The van der Waals surface area contributed by atoms with Crippen molar-refractivity contribution in [2.75, 3.05) is 6.61 Å². The van der Waals surface area contributed by atoms with Crippen LogP contribution in [0.5, 0.6) is 0 Å². The van der Waals surface area contributed by atoms with Crippen molar-refractivity contribution in [3.63, 3.8) is 0 Å². The zero-order valence-electron chi connectivity index (χ0n) is 9.96. The molecule has 0 unspecified atom stereocenters. The van der Waals surface area contributed by atoms with Crippen molar-refractivity contribution in [2.45, 2.75) is 27.2 Å². The normalized spacial score (nSPS) is 14.6. The highest BCUT2D eigenvalue weighted by Crippen LogP contribution is 2.22. The van der Waals surface area contributed by atoms with Gasteiger partial charge in [0.2, 0.25) is 5.78 Å². The quantitative estimate of drug-likeness (QED) is 0.710. The predicted molar refractivity (Wildman–Crippen MR) is 63.6 cm³/mol. The molecule has 0 amide bonds. The van der Waals surface area contributed by atoms with Gasteiger partial charge in [-0.2, -0.15) is 0 Å². The van der Waals surface area contributed by atoms with Crippen molar-refractivity contribution < 1.29 is 9.53 Å². The van der Waals surface area contributed by atoms with Crippen molar-refractivity contribution in [1.29, 1.82) is 0 Å². The lowest BCUT2D eigenvalue weighted by Crippen LogP contribution is -2.08. The van der Waals surface area contributed by atoms with Crippen LogP contribution in [0.25, 0.3) is 0 Å². The van der Waals surface area contributed by atoms with E-state index in [-0.39, 0.29) is 5.78 Å². The van der Waals surface area contributed by atoms with E-state index in [0.717, 1.165) is 23.1 Å². The van der Waals surface area contributed by atoms with E-state index < -0.39 is 0 Å². The minimum absolute atomic E-state index is 0.0208. The molecule has 0 saturated carbocycles. The third kappa shape index (κ3) is 1.87. The molecule has 1 aliphatic heterocycles. The lowest BCUT2D eigenvalue weighted by atomic mass is 9.96. The molecular formula is C14H16O2. The number of carbonyl (C=O) groups is 1. The maximum atomic E-state index is 12.2. The first-order valence-electron chi connectivity index (χ1n) is 5.55. The topological polar surface area (TPSA) is 26.3 Å². The molecular weight excluding hydrogens is 200 g/mol. The summed E-state index contributed by atoms with van der Waals surface area (Å²) in [4.78, 5) is 12.2. The fraction of sp³-hybridized carbons (Fsp3) is 0.357. The minimum Gasteiger partial charge on any atom is -0.489 e. The molecule has 0 atom stereocenters. The number of ketones is 1. The molecule has 0 fully saturated rings. The van der Waals surface area contributed by atoms with Crippen LogP contribution in [-0.4, -0.2) is 12.4 Å². The summed E-state index contributed by atoms with van der Waals surface area (Å²) in [5, 5.41) is 0. The molecule has 0 saturated heterocycles. The summed E-state index contributed by atoms with van der Waals surface area (Å²) in [6.07, 6.45) is 2.71. The van der Waals surface area contributed by atoms with Crippen LogP contribution in [0.15, 0.2) is 24.0 Å². The Morgan fingerprint density at radius 3 is 2.31 bits per heavy atom. The van der Waals surface area contributed by atoms with Gasteiger partial charge in [-0.15, -0.1) is 0 Å². The zero-order chi connectivity index (χ0) is 11.7. The molecule has 0 aromatic heterocycles. The summed E-state index contributed by atoms with van der Waals surface area (Å²) >= 11 is 0. The third-order valence-electron chi connectivity index (χ3n) is 2.83. The Hall–Kier alpha value is -1.57. The lowest BCUT2D eigenvalue weighted by Gasteiger charge is -2.10. The van der Waals surface area contributed by atoms with Crippen LogP contribution in [0, 0.1) is 20.8 Å². The minimum atomic E-state index is 0.0208. The van der Waals surface area contributed by atoms with Crippen molar-refractivity contribution in [2.24, 2.45) is 0 Å². The predicted octanol–water partition coefficient (Wildman–Crippen LogP) is 3.10. The summed E-state index contributed by atoms with van der Waals surface area (Å²) < 4.78 is 5.32. The van der Waals surface area contributed by atoms with Gasteiger partial charge in [0.1, 0.15) is 0 Å². The maximum absolute atomic E-state index is 12.2. The van der Waals surface area contributed by atoms with E-state index in [1.165, 1.54) is 5.56 Å². The molecule has 2 heteroatoms. The molecule has 2 nitrogen and oxygen atoms in total. The van der Waals surface area contributed by atoms with Crippen molar-refractivity contribution in [3.05, 3.63) is 46.2 Å². The smallest absolute Gasteiger partial charge is 0.227 e. The van der Waals surface area contributed by atoms with Crippen molar-refractivity contribution in [3.8, 4) is 0 Å². The van der Waals surface area contributed by atoms with E-state index in [1.807, 2.05) is 39.0 Å². The summed E-state index contributed by atoms with van der Waals surface area (Å²) in [5.74, 6) is 0.530. The second-order valence-corrected chi connectivity index (χ2v) is 4.31. The maximum Gasteiger partial charge on any atom is 0.227 e. The number of rotatable bonds is 2. The molecule has 2 rings (SSSR count). The number of hydrogen-bond donors (Lipinski definition) is 0. The molecule has 1 aromatic carbocycles. The average Bonchev–Trinajstić information content (AvgIpc) is 2.67. The molecule has 1 aromatic rings. The van der Waals surface area contributed by atoms with Gasteiger partial charge < -0.3 is 4.74 Å². The number of benzene rings is 1. The van der Waals surface area contributed by atoms with Gasteiger partial charge >= 0.3 is 0 Å². The standard InChI is InChI=1S/C14H16O2/c1-9-7-10(2)13(11(3)8-9)14(15)12-5-4-6-16-12/h5,7-8H,4,6H2,1-3H3. The Labute approximate surface area is 95.9 Å². The number of ether oxygens (including phenoxy) is 1. The average molecular weight is 216 g/mol. The molecule has 16 heavy (non-hydrogen) atoms. The van der Waals surface area contributed by atoms with Crippen LogP contribution in [0.3, 0.4) is 0 Å². The van der Waals surface area contributed by atoms with Gasteiger partial charge in [0.15, 0.2) is 5.76 Å². The zero-order valence-corrected chi connectivity index (χ0v) is 9.96. The van der Waals surface area contributed by atoms with Crippen molar-refractivity contribution >= 4 is 5.78 Å². The molecule has 84 valence electrons. The van der Waals surface area contributed by atoms with Gasteiger partial charge in [-0.05, 0) is 38.0 Å². The second kappa shape index (κ2) is 4.12. The molecule has 1 heterocycles. The van der Waals surface area contributed by atoms with Crippen LogP contribution in [-0.2, 0) is 4.74 Å². The van der Waals surface area contributed by atoms with Crippen LogP contribution < -0.4 is 0 Å². The van der Waals surface area contributed by atoms with Crippen LogP contribution >= 0.6 is 0 Å². The molecule has 0 spiro atoms. The number of hydrogen-bond acceptors (Lipinski definition) is 2. The van der Waals surface area contributed by atoms with E-state index in [1.54, 1.807) is 0 Å². The first-order chi connectivity index (χ1) is 7.59. The Morgan fingerprint density at radius 1 is 1.19 bits per heavy atom. The molecule has 0 N–H and O–H groups in total. The fourth-order valence-electron chi connectivity index (χ4n) is 2.24. The second-order valence-electron chi connectivity index (χ2n) is 4.31. The molecule has 0 bridgehead atoms. The summed E-state index contributed by atoms with van der Waals surface area (Å²) in [7, 11) is 0. The Kier molecular flexibility index (Phi) is 2.82. The van der Waals surface area contributed by atoms with Crippen LogP contribution in [0.2, 0.25) is 0 Å². The number of aryl methyl sites for hydroxylation is 3. The van der Waals surface area contributed by atoms with E-state index >= 15 is 0 Å². The monoisotopic (exact) mass is 216 g/mol. The number of Topliss-reactive ketones (excluding diaryl/α,β-unsaturated/α-hetero) is 1. The van der Waals surface area contributed by atoms with E-state index in [4.69, 9.17) is 4.74 Å². The highest BCUT2D eigenvalue weighted by molar-refractivity contribution is 6.09. The Morgan fingerprint density at radius 2 is 1.81 bits per heavy atom. The highest BCUT2D eigenvalue weighted by atomic mass is 16.5. The van der Waals surface area contributed by atoms with E-state index in [9.17, 15) is 4.79 Å². The fourth-order valence-corrected chi connectivity index (χ4v) is 2.24. The van der Waals surface area contributed by atoms with Gasteiger partial charge in [0.05, 0.1) is 6.61 Å². The summed E-state index contributed by atoms with van der Waals surface area (Å²) in [6, 6.07) is 4.07. The summed E-state index contributed by atoms with van der Waals surface area (Å²) in [5.41, 5.74) is 4.03. The van der Waals surface area contributed by atoms with Gasteiger partial charge in [-0.3, -0.25) is 4.79 Å². The highest BCUT2D eigenvalue weighted by Gasteiger charge is 2.20. The third-order valence-corrected chi connectivity index (χ3v) is 2.83. The first-order valence-corrected chi connectivity index (χ1v) is 5.55. The molecule has 0 radical (unpaired) electrons. The van der Waals surface area contributed by atoms with E-state index in [2.05, 4.69) is 0 Å².